The van der Waals surface area contributed by atoms with Gasteiger partial charge in [-0.3, -0.25) is 4.79 Å². The van der Waals surface area contributed by atoms with E-state index in [1.807, 2.05) is 19.9 Å². The van der Waals surface area contributed by atoms with Crippen molar-refractivity contribution in [1.29, 1.82) is 0 Å². The van der Waals surface area contributed by atoms with Crippen molar-refractivity contribution in [2.75, 3.05) is 11.5 Å². The fourth-order valence-electron chi connectivity index (χ4n) is 2.42. The van der Waals surface area contributed by atoms with Gasteiger partial charge in [0.2, 0.25) is 5.82 Å². The highest BCUT2D eigenvalue weighted by atomic mass is 32.2. The van der Waals surface area contributed by atoms with Crippen LogP contribution in [0.15, 0.2) is 6.07 Å². The van der Waals surface area contributed by atoms with Crippen LogP contribution in [0.2, 0.25) is 0 Å². The van der Waals surface area contributed by atoms with E-state index in [0.717, 1.165) is 11.4 Å². The topological polar surface area (TPSA) is 109 Å². The van der Waals surface area contributed by atoms with Crippen molar-refractivity contribution >= 4 is 29.4 Å². The van der Waals surface area contributed by atoms with E-state index in [1.165, 1.54) is 16.3 Å². The molecule has 22 heavy (non-hydrogen) atoms. The number of aryl methyl sites for hydroxylation is 2. The maximum absolute atomic E-state index is 12.3. The first kappa shape index (κ1) is 14.8. The van der Waals surface area contributed by atoms with Gasteiger partial charge in [-0.2, -0.15) is 16.7 Å². The van der Waals surface area contributed by atoms with Crippen LogP contribution in [0, 0.1) is 13.8 Å². The molecule has 8 nitrogen and oxygen atoms in total. The molecule has 0 bridgehead atoms. The van der Waals surface area contributed by atoms with Crippen molar-refractivity contribution in [2.45, 2.75) is 25.8 Å². The number of amides is 1. The molecule has 1 unspecified atom stereocenters. The van der Waals surface area contributed by atoms with E-state index in [1.54, 1.807) is 0 Å². The summed E-state index contributed by atoms with van der Waals surface area (Å²) in [6, 6.07) is 1.83. The summed E-state index contributed by atoms with van der Waals surface area (Å²) >= 11 is 1.50. The van der Waals surface area contributed by atoms with E-state index < -0.39 is 17.4 Å². The largest absolute Gasteiger partial charge is 0.479 e. The van der Waals surface area contributed by atoms with Crippen LogP contribution in [-0.2, 0) is 4.79 Å². The fourth-order valence-corrected chi connectivity index (χ4v) is 3.75. The summed E-state index contributed by atoms with van der Waals surface area (Å²) in [6.45, 7) is 3.67. The van der Waals surface area contributed by atoms with Gasteiger partial charge < -0.3 is 10.4 Å². The van der Waals surface area contributed by atoms with E-state index in [0.29, 0.717) is 23.7 Å². The first-order chi connectivity index (χ1) is 10.4. The molecule has 116 valence electrons. The van der Waals surface area contributed by atoms with Gasteiger partial charge in [0, 0.05) is 17.1 Å². The summed E-state index contributed by atoms with van der Waals surface area (Å²) in [5, 5.41) is 16.1. The lowest BCUT2D eigenvalue weighted by molar-refractivity contribution is -0.143. The number of carbonyl (C=O) groups excluding carboxylic acids is 1. The van der Waals surface area contributed by atoms with Crippen LogP contribution in [0.25, 0.3) is 5.78 Å². The van der Waals surface area contributed by atoms with E-state index in [-0.39, 0.29) is 5.82 Å². The minimum Gasteiger partial charge on any atom is -0.479 e. The second-order valence-electron chi connectivity index (χ2n) is 5.33. The molecule has 2 aromatic heterocycles. The molecule has 1 saturated heterocycles. The van der Waals surface area contributed by atoms with Crippen molar-refractivity contribution in [3.63, 3.8) is 0 Å². The molecule has 0 saturated carbocycles. The van der Waals surface area contributed by atoms with E-state index >= 15 is 0 Å². The molecule has 0 spiro atoms. The van der Waals surface area contributed by atoms with Crippen molar-refractivity contribution < 1.29 is 14.7 Å². The lowest BCUT2D eigenvalue weighted by atomic mass is 9.99. The molecule has 1 fully saturated rings. The minimum atomic E-state index is -1.24. The van der Waals surface area contributed by atoms with Crippen molar-refractivity contribution in [2.24, 2.45) is 0 Å². The van der Waals surface area contributed by atoms with Crippen molar-refractivity contribution in [1.82, 2.24) is 24.9 Å². The first-order valence-corrected chi connectivity index (χ1v) is 7.91. The monoisotopic (exact) mass is 321 g/mol. The predicted molar refractivity (Wildman–Crippen MR) is 80.0 cm³/mol. The lowest BCUT2D eigenvalue weighted by Gasteiger charge is -2.23. The average Bonchev–Trinajstić information content (AvgIpc) is 3.05. The number of nitrogens with one attached hydrogen (secondary N) is 1. The lowest BCUT2D eigenvalue weighted by Crippen LogP contribution is -2.55. The summed E-state index contributed by atoms with van der Waals surface area (Å²) < 4.78 is 1.47. The van der Waals surface area contributed by atoms with E-state index in [2.05, 4.69) is 20.4 Å². The highest BCUT2D eigenvalue weighted by molar-refractivity contribution is 7.99. The van der Waals surface area contributed by atoms with Crippen molar-refractivity contribution in [3.05, 3.63) is 23.3 Å². The van der Waals surface area contributed by atoms with Gasteiger partial charge in [-0.15, -0.1) is 5.10 Å². The summed E-state index contributed by atoms with van der Waals surface area (Å²) in [6.07, 6.45) is 0.391. The van der Waals surface area contributed by atoms with E-state index in [4.69, 9.17) is 0 Å². The molecule has 0 aliphatic carbocycles. The molecule has 0 radical (unpaired) electrons. The normalized spacial score (nSPS) is 21.2. The number of aliphatic carboxylic acids is 1. The van der Waals surface area contributed by atoms with Crippen LogP contribution in [0.1, 0.15) is 28.4 Å². The highest BCUT2D eigenvalue weighted by Gasteiger charge is 2.44. The van der Waals surface area contributed by atoms with Gasteiger partial charge in [0.1, 0.15) is 5.54 Å². The van der Waals surface area contributed by atoms with Crippen LogP contribution in [0.5, 0.6) is 0 Å². The van der Waals surface area contributed by atoms with Gasteiger partial charge in [-0.05, 0) is 32.1 Å². The van der Waals surface area contributed by atoms with Gasteiger partial charge in [-0.1, -0.05) is 0 Å². The van der Waals surface area contributed by atoms with Crippen LogP contribution < -0.4 is 5.32 Å². The second-order valence-corrected chi connectivity index (χ2v) is 6.44. The SMILES string of the molecule is Cc1cc(C)n2nc(C(=O)NC3(C(=O)O)CCSC3)nc2n1. The molecule has 1 aliphatic heterocycles. The fraction of sp³-hybridized carbons (Fsp3) is 0.462. The number of hydrogen-bond acceptors (Lipinski definition) is 6. The minimum absolute atomic E-state index is 0.0706. The molecule has 1 atom stereocenters. The molecular weight excluding hydrogens is 306 g/mol. The summed E-state index contributed by atoms with van der Waals surface area (Å²) in [5.41, 5.74) is 0.342. The third kappa shape index (κ3) is 2.41. The summed E-state index contributed by atoms with van der Waals surface area (Å²) in [4.78, 5) is 32.1. The van der Waals surface area contributed by atoms with Gasteiger partial charge in [0.25, 0.3) is 11.7 Å². The van der Waals surface area contributed by atoms with Crippen LogP contribution in [0.3, 0.4) is 0 Å². The average molecular weight is 321 g/mol. The molecule has 3 heterocycles. The Morgan fingerprint density at radius 1 is 1.41 bits per heavy atom. The van der Waals surface area contributed by atoms with Gasteiger partial charge >= 0.3 is 5.97 Å². The smallest absolute Gasteiger partial charge is 0.330 e. The van der Waals surface area contributed by atoms with Gasteiger partial charge in [-0.25, -0.2) is 14.3 Å². The molecule has 9 heteroatoms. The number of carboxylic acids is 1. The third-order valence-electron chi connectivity index (χ3n) is 3.61. The van der Waals surface area contributed by atoms with Crippen LogP contribution >= 0.6 is 11.8 Å². The zero-order valence-corrected chi connectivity index (χ0v) is 13.0. The Labute approximate surface area is 130 Å². The van der Waals surface area contributed by atoms with Gasteiger partial charge in [0.15, 0.2) is 0 Å². The second kappa shape index (κ2) is 5.24. The zero-order valence-electron chi connectivity index (χ0n) is 12.2. The number of rotatable bonds is 3. The Morgan fingerprint density at radius 3 is 2.82 bits per heavy atom. The zero-order chi connectivity index (χ0) is 15.9. The molecule has 2 N–H and O–H groups in total. The summed E-state index contributed by atoms with van der Waals surface area (Å²) in [7, 11) is 0. The highest BCUT2D eigenvalue weighted by Crippen LogP contribution is 2.28. The predicted octanol–water partition coefficient (Wildman–Crippen LogP) is 0.431. The quantitative estimate of drug-likeness (QED) is 0.843. The molecule has 2 aromatic rings. The number of nitrogens with zero attached hydrogens (tertiary/aromatic N) is 4. The Kier molecular flexibility index (Phi) is 3.51. The van der Waals surface area contributed by atoms with Crippen molar-refractivity contribution in [3.8, 4) is 0 Å². The number of carboxylic acid groups (broad SMARTS) is 1. The maximum Gasteiger partial charge on any atom is 0.330 e. The van der Waals surface area contributed by atoms with E-state index in [9.17, 15) is 14.7 Å². The summed E-state index contributed by atoms with van der Waals surface area (Å²) in [5.74, 6) is -0.318. The Balaban J connectivity index is 1.92. The third-order valence-corrected chi connectivity index (χ3v) is 4.79. The first-order valence-electron chi connectivity index (χ1n) is 6.76. The number of carbonyl (C=O) groups is 2. The number of hydrogen-bond donors (Lipinski definition) is 2. The molecular formula is C13H15N5O3S. The molecule has 1 aliphatic rings. The Hall–Kier alpha value is -2.16. The molecule has 3 rings (SSSR count). The number of fused-ring (bicyclic) bond motifs is 1. The van der Waals surface area contributed by atoms with Crippen LogP contribution in [0.4, 0.5) is 0 Å². The molecule has 0 aromatic carbocycles. The van der Waals surface area contributed by atoms with Gasteiger partial charge in [0.05, 0.1) is 0 Å². The number of aromatic nitrogens is 4. The Bertz CT molecular complexity index is 766. The molecule has 1 amide bonds. The van der Waals surface area contributed by atoms with Crippen LogP contribution in [-0.4, -0.2) is 53.6 Å². The Morgan fingerprint density at radius 2 is 2.18 bits per heavy atom. The number of thioether (sulfide) groups is 1. The standard InChI is InChI=1S/C13H15N5O3S/c1-7-5-8(2)18-12(14-7)15-9(17-18)10(19)16-13(11(20)21)3-4-22-6-13/h5H,3-4,6H2,1-2H3,(H,16,19)(H,20,21). The maximum atomic E-state index is 12.3.